The van der Waals surface area contributed by atoms with Gasteiger partial charge in [-0.1, -0.05) is 18.2 Å². The van der Waals surface area contributed by atoms with E-state index in [9.17, 15) is 8.42 Å². The molecule has 1 fully saturated rings. The number of sulfonamides is 1. The quantitative estimate of drug-likeness (QED) is 0.808. The van der Waals surface area contributed by atoms with Crippen molar-refractivity contribution in [1.82, 2.24) is 5.32 Å². The monoisotopic (exact) mass is 254 g/mol. The van der Waals surface area contributed by atoms with E-state index >= 15 is 0 Å². The van der Waals surface area contributed by atoms with Crippen LogP contribution < -0.4 is 10.0 Å². The van der Waals surface area contributed by atoms with Gasteiger partial charge in [0, 0.05) is 12.6 Å². The summed E-state index contributed by atoms with van der Waals surface area (Å²) in [4.78, 5) is 0. The second-order valence-electron chi connectivity index (χ2n) is 4.46. The summed E-state index contributed by atoms with van der Waals surface area (Å²) in [6, 6.07) is 7.93. The Hall–Kier alpha value is -1.07. The van der Waals surface area contributed by atoms with Gasteiger partial charge in [0.2, 0.25) is 10.0 Å². The highest BCUT2D eigenvalue weighted by Gasteiger charge is 2.21. The van der Waals surface area contributed by atoms with Crippen LogP contribution in [0.25, 0.3) is 0 Å². The number of benzene rings is 1. The van der Waals surface area contributed by atoms with Gasteiger partial charge in [-0.25, -0.2) is 8.42 Å². The Bertz CT molecular complexity index is 481. The molecule has 2 N–H and O–H groups in total. The Morgan fingerprint density at radius 3 is 2.65 bits per heavy atom. The third-order valence-electron chi connectivity index (χ3n) is 2.79. The van der Waals surface area contributed by atoms with Crippen LogP contribution in [0.15, 0.2) is 24.3 Å². The molecule has 0 aromatic heterocycles. The van der Waals surface area contributed by atoms with E-state index < -0.39 is 10.0 Å². The molecule has 1 aliphatic carbocycles. The van der Waals surface area contributed by atoms with Crippen molar-refractivity contribution in [2.75, 3.05) is 17.0 Å². The topological polar surface area (TPSA) is 58.2 Å². The van der Waals surface area contributed by atoms with E-state index in [4.69, 9.17) is 0 Å². The summed E-state index contributed by atoms with van der Waals surface area (Å²) in [5, 5.41) is 3.19. The lowest BCUT2D eigenvalue weighted by Crippen LogP contribution is -2.28. The number of nitrogens with one attached hydrogen (secondary N) is 2. The Kier molecular flexibility index (Phi) is 3.69. The lowest BCUT2D eigenvalue weighted by molar-refractivity contribution is 0.595. The Labute approximate surface area is 102 Å². The average Bonchev–Trinajstić information content (AvgIpc) is 3.05. The minimum Gasteiger partial charge on any atom is -0.313 e. The number of para-hydroxylation sites is 1. The molecule has 1 aromatic carbocycles. The molecule has 1 aliphatic rings. The van der Waals surface area contributed by atoms with E-state index in [0.29, 0.717) is 18.3 Å². The fourth-order valence-electron chi connectivity index (χ4n) is 1.59. The highest BCUT2D eigenvalue weighted by molar-refractivity contribution is 7.92. The predicted octanol–water partition coefficient (Wildman–Crippen LogP) is 1.49. The predicted molar refractivity (Wildman–Crippen MR) is 69.6 cm³/mol. The first kappa shape index (κ1) is 12.4. The lowest BCUT2D eigenvalue weighted by atomic mass is 10.2. The Balaban J connectivity index is 1.89. The standard InChI is InChI=1S/C12H18N2O2S/c1-10-4-2-3-5-12(10)14-17(15,16)9-8-13-11-6-7-11/h2-5,11,13-14H,6-9H2,1H3. The van der Waals surface area contributed by atoms with Crippen molar-refractivity contribution in [3.05, 3.63) is 29.8 Å². The van der Waals surface area contributed by atoms with Crippen LogP contribution in [0.2, 0.25) is 0 Å². The van der Waals surface area contributed by atoms with E-state index in [-0.39, 0.29) is 5.75 Å². The fourth-order valence-corrected chi connectivity index (χ4v) is 2.64. The Morgan fingerprint density at radius 2 is 2.00 bits per heavy atom. The van der Waals surface area contributed by atoms with Gasteiger partial charge in [-0.3, -0.25) is 4.72 Å². The van der Waals surface area contributed by atoms with Crippen LogP contribution in [0.4, 0.5) is 5.69 Å². The molecule has 94 valence electrons. The van der Waals surface area contributed by atoms with Crippen molar-refractivity contribution in [3.8, 4) is 0 Å². The summed E-state index contributed by atoms with van der Waals surface area (Å²) in [5.74, 6) is 0.123. The SMILES string of the molecule is Cc1ccccc1NS(=O)(=O)CCNC1CC1. The van der Waals surface area contributed by atoms with Gasteiger partial charge in [-0.15, -0.1) is 0 Å². The van der Waals surface area contributed by atoms with E-state index in [0.717, 1.165) is 5.56 Å². The molecule has 0 radical (unpaired) electrons. The molecular weight excluding hydrogens is 236 g/mol. The molecule has 0 bridgehead atoms. The van der Waals surface area contributed by atoms with Gasteiger partial charge in [-0.2, -0.15) is 0 Å². The van der Waals surface area contributed by atoms with Gasteiger partial charge in [0.25, 0.3) is 0 Å². The van der Waals surface area contributed by atoms with E-state index in [1.807, 2.05) is 25.1 Å². The van der Waals surface area contributed by atoms with Crippen LogP contribution in [0, 0.1) is 6.92 Å². The third kappa shape index (κ3) is 4.02. The van der Waals surface area contributed by atoms with Crippen molar-refractivity contribution in [2.45, 2.75) is 25.8 Å². The maximum atomic E-state index is 11.8. The molecule has 0 amide bonds. The average molecular weight is 254 g/mol. The molecule has 0 saturated heterocycles. The minimum atomic E-state index is -3.24. The molecule has 4 nitrogen and oxygen atoms in total. The molecule has 0 atom stereocenters. The molecule has 1 saturated carbocycles. The van der Waals surface area contributed by atoms with Crippen LogP contribution >= 0.6 is 0 Å². The second-order valence-corrected chi connectivity index (χ2v) is 6.31. The summed E-state index contributed by atoms with van der Waals surface area (Å²) in [7, 11) is -3.24. The first-order valence-corrected chi connectivity index (χ1v) is 7.51. The van der Waals surface area contributed by atoms with Gasteiger partial charge in [0.15, 0.2) is 0 Å². The Morgan fingerprint density at radius 1 is 1.29 bits per heavy atom. The molecule has 1 aromatic rings. The number of hydrogen-bond acceptors (Lipinski definition) is 3. The first-order valence-electron chi connectivity index (χ1n) is 5.86. The minimum absolute atomic E-state index is 0.123. The maximum absolute atomic E-state index is 11.8. The molecular formula is C12H18N2O2S. The van der Waals surface area contributed by atoms with Crippen molar-refractivity contribution in [1.29, 1.82) is 0 Å². The molecule has 0 heterocycles. The highest BCUT2D eigenvalue weighted by Crippen LogP contribution is 2.18. The molecule has 2 rings (SSSR count). The van der Waals surface area contributed by atoms with Crippen LogP contribution in [0.1, 0.15) is 18.4 Å². The van der Waals surface area contributed by atoms with Gasteiger partial charge in [0.1, 0.15) is 0 Å². The number of aryl methyl sites for hydroxylation is 1. The van der Waals surface area contributed by atoms with E-state index in [1.165, 1.54) is 12.8 Å². The zero-order valence-corrected chi connectivity index (χ0v) is 10.8. The van der Waals surface area contributed by atoms with Crippen molar-refractivity contribution in [2.24, 2.45) is 0 Å². The molecule has 0 unspecified atom stereocenters. The maximum Gasteiger partial charge on any atom is 0.233 e. The third-order valence-corrected chi connectivity index (χ3v) is 4.06. The lowest BCUT2D eigenvalue weighted by Gasteiger charge is -2.10. The van der Waals surface area contributed by atoms with Gasteiger partial charge in [-0.05, 0) is 31.4 Å². The van der Waals surface area contributed by atoms with Crippen LogP contribution in [-0.2, 0) is 10.0 Å². The normalized spacial score (nSPS) is 15.8. The number of rotatable bonds is 6. The van der Waals surface area contributed by atoms with Crippen LogP contribution in [-0.4, -0.2) is 26.8 Å². The van der Waals surface area contributed by atoms with Crippen LogP contribution in [0.5, 0.6) is 0 Å². The summed E-state index contributed by atoms with van der Waals surface area (Å²) >= 11 is 0. The zero-order chi connectivity index (χ0) is 12.3. The van der Waals surface area contributed by atoms with Gasteiger partial charge >= 0.3 is 0 Å². The second kappa shape index (κ2) is 5.06. The van der Waals surface area contributed by atoms with Crippen LogP contribution in [0.3, 0.4) is 0 Å². The van der Waals surface area contributed by atoms with Gasteiger partial charge in [0.05, 0.1) is 11.4 Å². The van der Waals surface area contributed by atoms with Crippen molar-refractivity contribution in [3.63, 3.8) is 0 Å². The highest BCUT2D eigenvalue weighted by atomic mass is 32.2. The summed E-state index contributed by atoms with van der Waals surface area (Å²) in [6.45, 7) is 2.41. The molecule has 0 spiro atoms. The fraction of sp³-hybridized carbons (Fsp3) is 0.500. The summed E-state index contributed by atoms with van der Waals surface area (Å²) in [5.41, 5.74) is 1.60. The van der Waals surface area contributed by atoms with E-state index in [2.05, 4.69) is 10.0 Å². The molecule has 17 heavy (non-hydrogen) atoms. The number of anilines is 1. The zero-order valence-electron chi connectivity index (χ0n) is 9.94. The van der Waals surface area contributed by atoms with Crippen molar-refractivity contribution < 1.29 is 8.42 Å². The largest absolute Gasteiger partial charge is 0.313 e. The molecule has 5 heteroatoms. The smallest absolute Gasteiger partial charge is 0.233 e. The van der Waals surface area contributed by atoms with Crippen molar-refractivity contribution >= 4 is 15.7 Å². The summed E-state index contributed by atoms with van der Waals surface area (Å²) in [6.07, 6.45) is 2.34. The van der Waals surface area contributed by atoms with E-state index in [1.54, 1.807) is 6.07 Å². The summed E-state index contributed by atoms with van der Waals surface area (Å²) < 4.78 is 26.2. The number of hydrogen-bond donors (Lipinski definition) is 2. The first-order chi connectivity index (χ1) is 8.07. The molecule has 0 aliphatic heterocycles. The van der Waals surface area contributed by atoms with Gasteiger partial charge < -0.3 is 5.32 Å².